The molecule has 1 fully saturated rings. The van der Waals surface area contributed by atoms with Gasteiger partial charge in [0.1, 0.15) is 18.2 Å². The van der Waals surface area contributed by atoms with Gasteiger partial charge in [-0.3, -0.25) is 0 Å². The van der Waals surface area contributed by atoms with Gasteiger partial charge < -0.3 is 15.0 Å². The number of aromatic nitrogens is 2. The van der Waals surface area contributed by atoms with Gasteiger partial charge in [0, 0.05) is 12.6 Å². The van der Waals surface area contributed by atoms with E-state index in [1.54, 1.807) is 12.3 Å². The van der Waals surface area contributed by atoms with Crippen molar-refractivity contribution in [2.24, 2.45) is 0 Å². The van der Waals surface area contributed by atoms with Crippen LogP contribution in [0.5, 0.6) is 0 Å². The fraction of sp³-hybridized carbons (Fsp3) is 0.667. The molecule has 1 aliphatic heterocycles. The summed E-state index contributed by atoms with van der Waals surface area (Å²) >= 11 is 1.29. The first-order chi connectivity index (χ1) is 9.89. The lowest BCUT2D eigenvalue weighted by molar-refractivity contribution is -0.115. The summed E-state index contributed by atoms with van der Waals surface area (Å²) in [5.74, 6) is 0.801. The minimum Gasteiger partial charge on any atom is -0.377 e. The Morgan fingerprint density at radius 2 is 2.24 bits per heavy atom. The Bertz CT molecular complexity index is 486. The maximum atomic E-state index is 12.3. The van der Waals surface area contributed by atoms with Crippen LogP contribution >= 0.6 is 11.8 Å². The second-order valence-corrected chi connectivity index (χ2v) is 5.46. The van der Waals surface area contributed by atoms with E-state index >= 15 is 0 Å². The standard InChI is InChI=1S/C12H17F3N4OS/c1-8-6-20-4-3-19(8)10-5-9(16-7-12(13,14)15)17-11(18-10)21-2/h5,8H,3-4,6-7H2,1-2H3,(H,16,17,18)/t8-/m1/s1. The number of thioether (sulfide) groups is 1. The van der Waals surface area contributed by atoms with Gasteiger partial charge in [-0.1, -0.05) is 11.8 Å². The highest BCUT2D eigenvalue weighted by Crippen LogP contribution is 2.24. The van der Waals surface area contributed by atoms with Crippen molar-refractivity contribution in [1.82, 2.24) is 9.97 Å². The fourth-order valence-electron chi connectivity index (χ4n) is 2.00. The van der Waals surface area contributed by atoms with E-state index in [1.165, 1.54) is 11.8 Å². The molecular weight excluding hydrogens is 305 g/mol. The molecule has 1 N–H and O–H groups in total. The van der Waals surface area contributed by atoms with Crippen molar-refractivity contribution in [3.05, 3.63) is 6.07 Å². The minimum atomic E-state index is -4.28. The smallest absolute Gasteiger partial charge is 0.377 e. The summed E-state index contributed by atoms with van der Waals surface area (Å²) in [6.45, 7) is 2.68. The largest absolute Gasteiger partial charge is 0.405 e. The monoisotopic (exact) mass is 322 g/mol. The Balaban J connectivity index is 2.20. The summed E-state index contributed by atoms with van der Waals surface area (Å²) in [6, 6.07) is 1.67. The molecule has 0 aliphatic carbocycles. The zero-order valence-electron chi connectivity index (χ0n) is 11.8. The van der Waals surface area contributed by atoms with Gasteiger partial charge in [-0.05, 0) is 13.2 Å². The Morgan fingerprint density at radius 3 is 2.86 bits per heavy atom. The first-order valence-electron chi connectivity index (χ1n) is 6.47. The molecule has 0 unspecified atom stereocenters. The van der Waals surface area contributed by atoms with E-state index in [-0.39, 0.29) is 11.9 Å². The highest BCUT2D eigenvalue weighted by atomic mass is 32.2. The van der Waals surface area contributed by atoms with Crippen LogP contribution in [0.15, 0.2) is 11.2 Å². The lowest BCUT2D eigenvalue weighted by Gasteiger charge is -2.34. The molecule has 2 rings (SSSR count). The van der Waals surface area contributed by atoms with Gasteiger partial charge in [0.05, 0.1) is 19.3 Å². The second-order valence-electron chi connectivity index (χ2n) is 4.68. The first kappa shape index (κ1) is 16.2. The van der Waals surface area contributed by atoms with Crippen LogP contribution in [0.3, 0.4) is 0 Å². The van der Waals surface area contributed by atoms with Crippen molar-refractivity contribution in [2.45, 2.75) is 24.3 Å². The molecule has 1 saturated heterocycles. The first-order valence-corrected chi connectivity index (χ1v) is 7.69. The normalized spacial score (nSPS) is 19.7. The maximum Gasteiger partial charge on any atom is 0.405 e. The number of morpholine rings is 1. The third-order valence-electron chi connectivity index (χ3n) is 3.01. The molecule has 21 heavy (non-hydrogen) atoms. The minimum absolute atomic E-state index is 0.124. The van der Waals surface area contributed by atoms with Gasteiger partial charge >= 0.3 is 6.18 Å². The highest BCUT2D eigenvalue weighted by Gasteiger charge is 2.27. The highest BCUT2D eigenvalue weighted by molar-refractivity contribution is 7.98. The summed E-state index contributed by atoms with van der Waals surface area (Å²) in [4.78, 5) is 10.4. The molecule has 0 aromatic carbocycles. The number of rotatable bonds is 4. The number of anilines is 2. The van der Waals surface area contributed by atoms with Crippen LogP contribution in [-0.4, -0.2) is 54.7 Å². The number of halogens is 3. The van der Waals surface area contributed by atoms with E-state index in [0.717, 1.165) is 0 Å². The zero-order valence-corrected chi connectivity index (χ0v) is 12.6. The van der Waals surface area contributed by atoms with Crippen molar-refractivity contribution in [2.75, 3.05) is 42.8 Å². The van der Waals surface area contributed by atoms with E-state index < -0.39 is 12.7 Å². The van der Waals surface area contributed by atoms with Crippen molar-refractivity contribution in [3.8, 4) is 0 Å². The van der Waals surface area contributed by atoms with Crippen LogP contribution in [0, 0.1) is 0 Å². The Labute approximate surface area is 125 Å². The maximum absolute atomic E-state index is 12.3. The molecule has 0 amide bonds. The van der Waals surface area contributed by atoms with Crippen LogP contribution < -0.4 is 10.2 Å². The predicted octanol–water partition coefficient (Wildman–Crippen LogP) is 2.40. The van der Waals surface area contributed by atoms with Gasteiger partial charge in [-0.2, -0.15) is 13.2 Å². The molecule has 1 aromatic heterocycles. The quantitative estimate of drug-likeness (QED) is 0.678. The van der Waals surface area contributed by atoms with E-state index in [0.29, 0.717) is 30.7 Å². The molecule has 0 saturated carbocycles. The Morgan fingerprint density at radius 1 is 1.48 bits per heavy atom. The number of hydrogen-bond acceptors (Lipinski definition) is 6. The molecule has 5 nitrogen and oxygen atoms in total. The third-order valence-corrected chi connectivity index (χ3v) is 3.55. The number of ether oxygens (including phenoxy) is 1. The number of alkyl halides is 3. The predicted molar refractivity (Wildman–Crippen MR) is 76.0 cm³/mol. The van der Waals surface area contributed by atoms with Crippen LogP contribution in [0.25, 0.3) is 0 Å². The van der Waals surface area contributed by atoms with Gasteiger partial charge in [0.15, 0.2) is 5.16 Å². The average molecular weight is 322 g/mol. The van der Waals surface area contributed by atoms with Gasteiger partial charge in [-0.15, -0.1) is 0 Å². The number of hydrogen-bond donors (Lipinski definition) is 1. The zero-order chi connectivity index (χ0) is 15.5. The summed E-state index contributed by atoms with van der Waals surface area (Å²) in [5, 5.41) is 2.75. The lowest BCUT2D eigenvalue weighted by Crippen LogP contribution is -2.44. The van der Waals surface area contributed by atoms with Crippen LogP contribution in [0.4, 0.5) is 24.8 Å². The van der Waals surface area contributed by atoms with Crippen LogP contribution in [0.2, 0.25) is 0 Å². The van der Waals surface area contributed by atoms with E-state index in [4.69, 9.17) is 4.74 Å². The van der Waals surface area contributed by atoms with Gasteiger partial charge in [0.2, 0.25) is 0 Å². The molecule has 118 valence electrons. The molecule has 0 radical (unpaired) electrons. The Hall–Kier alpha value is -1.22. The number of nitrogens with zero attached hydrogens (tertiary/aromatic N) is 3. The summed E-state index contributed by atoms with van der Waals surface area (Å²) < 4.78 is 42.3. The molecule has 1 aromatic rings. The van der Waals surface area contributed by atoms with Crippen LogP contribution in [0.1, 0.15) is 6.92 Å². The summed E-state index contributed by atoms with van der Waals surface area (Å²) in [6.07, 6.45) is -2.49. The van der Waals surface area contributed by atoms with E-state index in [1.807, 2.05) is 11.8 Å². The molecular formula is C12H17F3N4OS. The Kier molecular flexibility index (Phi) is 5.15. The van der Waals surface area contributed by atoms with E-state index in [9.17, 15) is 13.2 Å². The van der Waals surface area contributed by atoms with Crippen molar-refractivity contribution >= 4 is 23.4 Å². The topological polar surface area (TPSA) is 50.3 Å². The SMILES string of the molecule is CSc1nc(NCC(F)(F)F)cc(N2CCOC[C@H]2C)n1. The number of nitrogens with one attached hydrogen (secondary N) is 1. The van der Waals surface area contributed by atoms with Gasteiger partial charge in [0.25, 0.3) is 0 Å². The summed E-state index contributed by atoms with van der Waals surface area (Å²) in [5.41, 5.74) is 0. The molecule has 2 heterocycles. The molecule has 1 atom stereocenters. The van der Waals surface area contributed by atoms with Crippen molar-refractivity contribution in [3.63, 3.8) is 0 Å². The molecule has 9 heteroatoms. The summed E-state index contributed by atoms with van der Waals surface area (Å²) in [7, 11) is 0. The lowest BCUT2D eigenvalue weighted by atomic mass is 10.2. The second kappa shape index (κ2) is 6.69. The van der Waals surface area contributed by atoms with Crippen LogP contribution in [-0.2, 0) is 4.74 Å². The van der Waals surface area contributed by atoms with Crippen molar-refractivity contribution < 1.29 is 17.9 Å². The van der Waals surface area contributed by atoms with E-state index in [2.05, 4.69) is 15.3 Å². The van der Waals surface area contributed by atoms with Crippen molar-refractivity contribution in [1.29, 1.82) is 0 Å². The fourth-order valence-corrected chi connectivity index (χ4v) is 2.37. The average Bonchev–Trinajstić information content (AvgIpc) is 2.44. The molecule has 1 aliphatic rings. The third kappa shape index (κ3) is 4.63. The molecule has 0 bridgehead atoms. The molecule has 0 spiro atoms. The van der Waals surface area contributed by atoms with Gasteiger partial charge in [-0.25, -0.2) is 9.97 Å².